The smallest absolute Gasteiger partial charge is 0.267 e. The van der Waals surface area contributed by atoms with Crippen molar-refractivity contribution in [3.63, 3.8) is 0 Å². The number of halogens is 2. The molecule has 0 saturated carbocycles. The normalized spacial score (nSPS) is 15.1. The Morgan fingerprint density at radius 2 is 2.00 bits per heavy atom. The van der Waals surface area contributed by atoms with E-state index in [9.17, 15) is 18.4 Å². The van der Waals surface area contributed by atoms with Crippen LogP contribution in [-0.4, -0.2) is 45.9 Å². The Balaban J connectivity index is 1.48. The summed E-state index contributed by atoms with van der Waals surface area (Å²) in [5.74, 6) is -2.29. The molecule has 0 aliphatic carbocycles. The molecule has 2 aromatic rings. The summed E-state index contributed by atoms with van der Waals surface area (Å²) in [6, 6.07) is 3.07. The van der Waals surface area contributed by atoms with E-state index >= 15 is 0 Å². The summed E-state index contributed by atoms with van der Waals surface area (Å²) in [4.78, 5) is 26.8. The van der Waals surface area contributed by atoms with Crippen LogP contribution < -0.4 is 5.32 Å². The number of aryl methyl sites for hydroxylation is 1. The maximum absolute atomic E-state index is 13.2. The number of amides is 2. The molecule has 138 valence electrons. The number of benzene rings is 1. The number of rotatable bonds is 4. The predicted molar refractivity (Wildman–Crippen MR) is 92.0 cm³/mol. The molecule has 2 amide bonds. The molecular formula is C17H18F2N4O2S. The van der Waals surface area contributed by atoms with Crippen LogP contribution in [0.1, 0.15) is 38.6 Å². The van der Waals surface area contributed by atoms with Crippen LogP contribution >= 0.6 is 11.5 Å². The number of carbonyl (C=O) groups is 2. The second-order valence-electron chi connectivity index (χ2n) is 6.26. The average molecular weight is 380 g/mol. The van der Waals surface area contributed by atoms with E-state index in [1.165, 1.54) is 6.07 Å². The molecule has 1 fully saturated rings. The molecule has 3 rings (SSSR count). The van der Waals surface area contributed by atoms with Gasteiger partial charge in [0, 0.05) is 25.2 Å². The summed E-state index contributed by atoms with van der Waals surface area (Å²) in [6.07, 6.45) is 1.52. The lowest BCUT2D eigenvalue weighted by atomic mass is 9.96. The van der Waals surface area contributed by atoms with Gasteiger partial charge in [0.2, 0.25) is 0 Å². The maximum Gasteiger partial charge on any atom is 0.267 e. The van der Waals surface area contributed by atoms with E-state index in [2.05, 4.69) is 14.9 Å². The van der Waals surface area contributed by atoms with E-state index in [0.29, 0.717) is 30.2 Å². The van der Waals surface area contributed by atoms with E-state index in [0.717, 1.165) is 36.5 Å². The van der Waals surface area contributed by atoms with E-state index in [-0.39, 0.29) is 17.4 Å². The van der Waals surface area contributed by atoms with Crippen LogP contribution in [-0.2, 0) is 0 Å². The van der Waals surface area contributed by atoms with E-state index < -0.39 is 17.5 Å². The molecule has 0 spiro atoms. The molecule has 9 heteroatoms. The number of aromatic nitrogens is 2. The van der Waals surface area contributed by atoms with Gasteiger partial charge in [-0.05, 0) is 55.4 Å². The van der Waals surface area contributed by atoms with Crippen molar-refractivity contribution in [3.8, 4) is 0 Å². The van der Waals surface area contributed by atoms with Crippen molar-refractivity contribution in [2.45, 2.75) is 19.8 Å². The zero-order valence-electron chi connectivity index (χ0n) is 14.2. The van der Waals surface area contributed by atoms with Crippen molar-refractivity contribution < 1.29 is 18.4 Å². The number of piperidine rings is 1. The molecule has 1 aromatic heterocycles. The van der Waals surface area contributed by atoms with Crippen LogP contribution in [0, 0.1) is 24.5 Å². The Hall–Kier alpha value is -2.42. The van der Waals surface area contributed by atoms with Gasteiger partial charge in [-0.3, -0.25) is 9.59 Å². The van der Waals surface area contributed by atoms with Gasteiger partial charge in [0.25, 0.3) is 11.8 Å². The first-order valence-corrected chi connectivity index (χ1v) is 9.04. The predicted octanol–water partition coefficient (Wildman–Crippen LogP) is 2.41. The van der Waals surface area contributed by atoms with E-state index in [1.807, 2.05) is 0 Å². The van der Waals surface area contributed by atoms with Crippen LogP contribution in [0.15, 0.2) is 18.2 Å². The van der Waals surface area contributed by atoms with Gasteiger partial charge in [-0.1, -0.05) is 4.49 Å². The van der Waals surface area contributed by atoms with Gasteiger partial charge in [-0.25, -0.2) is 8.78 Å². The summed E-state index contributed by atoms with van der Waals surface area (Å²) < 4.78 is 29.9. The lowest BCUT2D eigenvalue weighted by molar-refractivity contribution is 0.0688. The summed E-state index contributed by atoms with van der Waals surface area (Å²) >= 11 is 1.10. The van der Waals surface area contributed by atoms with Crippen molar-refractivity contribution in [2.75, 3.05) is 19.6 Å². The van der Waals surface area contributed by atoms with Crippen molar-refractivity contribution in [3.05, 3.63) is 46.0 Å². The summed E-state index contributed by atoms with van der Waals surface area (Å²) in [7, 11) is 0. The fourth-order valence-corrected chi connectivity index (χ4v) is 3.51. The van der Waals surface area contributed by atoms with Crippen LogP contribution in [0.2, 0.25) is 0 Å². The quantitative estimate of drug-likeness (QED) is 0.884. The molecular weight excluding hydrogens is 362 g/mol. The minimum Gasteiger partial charge on any atom is -0.352 e. The van der Waals surface area contributed by atoms with Gasteiger partial charge in [-0.2, -0.15) is 0 Å². The first kappa shape index (κ1) is 18.4. The zero-order chi connectivity index (χ0) is 18.7. The second-order valence-corrected chi connectivity index (χ2v) is 7.02. The Labute approximate surface area is 153 Å². The van der Waals surface area contributed by atoms with Gasteiger partial charge in [0.1, 0.15) is 4.88 Å². The van der Waals surface area contributed by atoms with Crippen LogP contribution in [0.4, 0.5) is 8.78 Å². The number of nitrogens with one attached hydrogen (secondary N) is 1. The van der Waals surface area contributed by atoms with E-state index in [4.69, 9.17) is 0 Å². The van der Waals surface area contributed by atoms with Gasteiger partial charge >= 0.3 is 0 Å². The standard InChI is InChI=1S/C17H18F2N4O2S/c1-10-15(26-22-21-10)17(25)23-6-4-11(5-7-23)9-20-16(24)12-2-3-13(18)14(19)8-12/h2-3,8,11H,4-7,9H2,1H3,(H,20,24). The van der Waals surface area contributed by atoms with Crippen molar-refractivity contribution in [2.24, 2.45) is 5.92 Å². The third-order valence-corrected chi connectivity index (χ3v) is 5.30. The lowest BCUT2D eigenvalue weighted by Gasteiger charge is -2.31. The molecule has 1 aliphatic heterocycles. The minimum atomic E-state index is -1.04. The highest BCUT2D eigenvalue weighted by Crippen LogP contribution is 2.21. The Morgan fingerprint density at radius 1 is 1.27 bits per heavy atom. The molecule has 2 heterocycles. The Kier molecular flexibility index (Phi) is 5.55. The van der Waals surface area contributed by atoms with E-state index in [1.54, 1.807) is 11.8 Å². The minimum absolute atomic E-state index is 0.0539. The Bertz CT molecular complexity index is 819. The van der Waals surface area contributed by atoms with Crippen LogP contribution in [0.25, 0.3) is 0 Å². The third-order valence-electron chi connectivity index (χ3n) is 4.48. The number of carbonyl (C=O) groups excluding carboxylic acids is 2. The highest BCUT2D eigenvalue weighted by atomic mass is 32.1. The number of hydrogen-bond donors (Lipinski definition) is 1. The first-order chi connectivity index (χ1) is 12.5. The zero-order valence-corrected chi connectivity index (χ0v) is 15.0. The third kappa shape index (κ3) is 4.04. The molecule has 26 heavy (non-hydrogen) atoms. The topological polar surface area (TPSA) is 75.2 Å². The highest BCUT2D eigenvalue weighted by Gasteiger charge is 2.26. The van der Waals surface area contributed by atoms with Crippen LogP contribution in [0.3, 0.4) is 0 Å². The lowest BCUT2D eigenvalue weighted by Crippen LogP contribution is -2.41. The Morgan fingerprint density at radius 3 is 2.62 bits per heavy atom. The second kappa shape index (κ2) is 7.86. The highest BCUT2D eigenvalue weighted by molar-refractivity contribution is 7.07. The monoisotopic (exact) mass is 380 g/mol. The van der Waals surface area contributed by atoms with Crippen molar-refractivity contribution >= 4 is 23.3 Å². The van der Waals surface area contributed by atoms with Gasteiger partial charge in [0.15, 0.2) is 11.6 Å². The molecule has 1 saturated heterocycles. The number of likely N-dealkylation sites (tertiary alicyclic amines) is 1. The van der Waals surface area contributed by atoms with Gasteiger partial charge in [-0.15, -0.1) is 5.10 Å². The number of nitrogens with zero attached hydrogens (tertiary/aromatic N) is 3. The average Bonchev–Trinajstić information content (AvgIpc) is 3.07. The summed E-state index contributed by atoms with van der Waals surface area (Å²) in [6.45, 7) is 3.39. The van der Waals surface area contributed by atoms with Gasteiger partial charge in [0.05, 0.1) is 5.69 Å². The largest absolute Gasteiger partial charge is 0.352 e. The molecule has 6 nitrogen and oxygen atoms in total. The molecule has 1 aromatic carbocycles. The molecule has 1 aliphatic rings. The fourth-order valence-electron chi connectivity index (χ4n) is 2.89. The van der Waals surface area contributed by atoms with Crippen LogP contribution in [0.5, 0.6) is 0 Å². The van der Waals surface area contributed by atoms with Crippen molar-refractivity contribution in [1.29, 1.82) is 0 Å². The summed E-state index contributed by atoms with van der Waals surface area (Å²) in [5.41, 5.74) is 0.727. The first-order valence-electron chi connectivity index (χ1n) is 8.27. The molecule has 1 N–H and O–H groups in total. The molecule has 0 bridgehead atoms. The van der Waals surface area contributed by atoms with Crippen molar-refractivity contribution in [1.82, 2.24) is 19.8 Å². The fraction of sp³-hybridized carbons (Fsp3) is 0.412. The van der Waals surface area contributed by atoms with Gasteiger partial charge < -0.3 is 10.2 Å². The molecule has 0 atom stereocenters. The summed E-state index contributed by atoms with van der Waals surface area (Å²) in [5, 5.41) is 6.61. The number of hydrogen-bond acceptors (Lipinski definition) is 5. The SMILES string of the molecule is Cc1nnsc1C(=O)N1CCC(CNC(=O)c2ccc(F)c(F)c2)CC1. The maximum atomic E-state index is 13.2. The molecule has 0 radical (unpaired) electrons. The molecule has 0 unspecified atom stereocenters.